The SMILES string of the molecule is COc1cc(C2C(C(=O)OC3CCCCC3)=C(C)Nc3ncnn32)ccc1OCc1ccccc1C. The van der Waals surface area contributed by atoms with Crippen LogP contribution >= 0.6 is 0 Å². The van der Waals surface area contributed by atoms with Gasteiger partial charge in [0.25, 0.3) is 0 Å². The molecule has 8 nitrogen and oxygen atoms in total. The third-order valence-corrected chi connectivity index (χ3v) is 6.99. The second kappa shape index (κ2) is 10.4. The molecule has 188 valence electrons. The molecule has 0 bridgehead atoms. The number of nitrogens with one attached hydrogen (secondary N) is 1. The van der Waals surface area contributed by atoms with Gasteiger partial charge in [-0.1, -0.05) is 36.8 Å². The summed E-state index contributed by atoms with van der Waals surface area (Å²) < 4.78 is 19.5. The van der Waals surface area contributed by atoms with Crippen molar-refractivity contribution in [2.75, 3.05) is 12.4 Å². The second-order valence-corrected chi connectivity index (χ2v) is 9.39. The van der Waals surface area contributed by atoms with Crippen LogP contribution in [0.15, 0.2) is 60.1 Å². The minimum absolute atomic E-state index is 0.0453. The van der Waals surface area contributed by atoms with Crippen molar-refractivity contribution in [1.29, 1.82) is 0 Å². The van der Waals surface area contributed by atoms with Crippen LogP contribution in [-0.4, -0.2) is 33.9 Å². The summed E-state index contributed by atoms with van der Waals surface area (Å²) in [7, 11) is 1.61. The Morgan fingerprint density at radius 3 is 2.67 bits per heavy atom. The number of hydrogen-bond donors (Lipinski definition) is 1. The van der Waals surface area contributed by atoms with Gasteiger partial charge in [-0.15, -0.1) is 0 Å². The first-order valence-corrected chi connectivity index (χ1v) is 12.5. The van der Waals surface area contributed by atoms with Gasteiger partial charge in [-0.05, 0) is 68.4 Å². The predicted octanol–water partition coefficient (Wildman–Crippen LogP) is 5.34. The van der Waals surface area contributed by atoms with Gasteiger partial charge >= 0.3 is 5.97 Å². The van der Waals surface area contributed by atoms with E-state index >= 15 is 0 Å². The number of fused-ring (bicyclic) bond motifs is 1. The number of aromatic nitrogens is 3. The molecular formula is C28H32N4O4. The van der Waals surface area contributed by atoms with E-state index in [1.807, 2.05) is 37.3 Å². The van der Waals surface area contributed by atoms with Crippen molar-refractivity contribution < 1.29 is 19.0 Å². The quantitative estimate of drug-likeness (QED) is 0.449. The van der Waals surface area contributed by atoms with Gasteiger partial charge in [-0.2, -0.15) is 10.1 Å². The van der Waals surface area contributed by atoms with Crippen LogP contribution in [0.3, 0.4) is 0 Å². The Bertz CT molecular complexity index is 1280. The Kier molecular flexibility index (Phi) is 6.93. The van der Waals surface area contributed by atoms with E-state index in [0.717, 1.165) is 36.8 Å². The number of aryl methyl sites for hydroxylation is 1. The zero-order chi connectivity index (χ0) is 25.1. The van der Waals surface area contributed by atoms with Gasteiger partial charge in [0.2, 0.25) is 5.95 Å². The summed E-state index contributed by atoms with van der Waals surface area (Å²) in [4.78, 5) is 17.8. The average molecular weight is 489 g/mol. The van der Waals surface area contributed by atoms with Crippen molar-refractivity contribution >= 4 is 11.9 Å². The van der Waals surface area contributed by atoms with Crippen molar-refractivity contribution in [1.82, 2.24) is 14.8 Å². The van der Waals surface area contributed by atoms with E-state index in [9.17, 15) is 4.79 Å². The minimum atomic E-state index is -0.501. The number of ether oxygens (including phenoxy) is 3. The highest BCUT2D eigenvalue weighted by atomic mass is 16.5. The maximum absolute atomic E-state index is 13.5. The van der Waals surface area contributed by atoms with E-state index in [1.54, 1.807) is 11.8 Å². The largest absolute Gasteiger partial charge is 0.493 e. The number of carbonyl (C=O) groups is 1. The highest BCUT2D eigenvalue weighted by Crippen LogP contribution is 2.39. The molecule has 1 unspecified atom stereocenters. The summed E-state index contributed by atoms with van der Waals surface area (Å²) in [5.74, 6) is 1.46. The maximum atomic E-state index is 13.5. The molecule has 1 atom stereocenters. The number of benzene rings is 2. The first-order chi connectivity index (χ1) is 17.5. The smallest absolute Gasteiger partial charge is 0.338 e. The molecule has 0 spiro atoms. The summed E-state index contributed by atoms with van der Waals surface area (Å²) in [6.07, 6.45) is 6.63. The van der Waals surface area contributed by atoms with Crippen LogP contribution in [0.4, 0.5) is 5.95 Å². The van der Waals surface area contributed by atoms with Gasteiger partial charge in [0, 0.05) is 5.70 Å². The van der Waals surface area contributed by atoms with Crippen LogP contribution in [-0.2, 0) is 16.1 Å². The zero-order valence-electron chi connectivity index (χ0n) is 21.0. The molecule has 1 aliphatic carbocycles. The number of anilines is 1. The Morgan fingerprint density at radius 2 is 1.89 bits per heavy atom. The second-order valence-electron chi connectivity index (χ2n) is 9.39. The normalized spacial score (nSPS) is 17.8. The molecule has 1 N–H and O–H groups in total. The molecule has 2 aliphatic rings. The summed E-state index contributed by atoms with van der Waals surface area (Å²) in [5, 5.41) is 7.62. The lowest BCUT2D eigenvalue weighted by atomic mass is 9.94. The Morgan fingerprint density at radius 1 is 1.08 bits per heavy atom. The molecule has 1 fully saturated rings. The summed E-state index contributed by atoms with van der Waals surface area (Å²) in [6, 6.07) is 13.3. The molecule has 1 saturated carbocycles. The lowest BCUT2D eigenvalue weighted by Gasteiger charge is -2.30. The number of hydrogen-bond acceptors (Lipinski definition) is 7. The lowest BCUT2D eigenvalue weighted by molar-refractivity contribution is -0.146. The van der Waals surface area contributed by atoms with Gasteiger partial charge in [0.05, 0.1) is 12.7 Å². The molecule has 5 rings (SSSR count). The van der Waals surface area contributed by atoms with E-state index in [1.165, 1.54) is 18.3 Å². The predicted molar refractivity (Wildman–Crippen MR) is 136 cm³/mol. The van der Waals surface area contributed by atoms with Gasteiger partial charge < -0.3 is 19.5 Å². The number of esters is 1. The van der Waals surface area contributed by atoms with E-state index in [2.05, 4.69) is 34.5 Å². The standard InChI is InChI=1S/C28H32N4O4/c1-18-9-7-8-10-21(18)16-35-23-14-13-20(15-24(23)34-3)26-25(19(2)31-28-29-17-30-32(26)28)27(33)36-22-11-5-4-6-12-22/h7-10,13-15,17,22,26H,4-6,11-12,16H2,1-3H3,(H,29,30,31). The fraction of sp³-hybridized carbons (Fsp3) is 0.393. The van der Waals surface area contributed by atoms with Crippen LogP contribution in [0.1, 0.15) is 61.8 Å². The number of rotatable bonds is 7. The molecule has 0 radical (unpaired) electrons. The first kappa shape index (κ1) is 23.9. The summed E-state index contributed by atoms with van der Waals surface area (Å²) in [6.45, 7) is 4.37. The van der Waals surface area contributed by atoms with Crippen LogP contribution in [0.5, 0.6) is 11.5 Å². The fourth-order valence-electron chi connectivity index (χ4n) is 4.96. The van der Waals surface area contributed by atoms with Crippen LogP contribution < -0.4 is 14.8 Å². The van der Waals surface area contributed by atoms with E-state index in [4.69, 9.17) is 14.2 Å². The monoisotopic (exact) mass is 488 g/mol. The van der Waals surface area contributed by atoms with Crippen LogP contribution in [0, 0.1) is 6.92 Å². The van der Waals surface area contributed by atoms with Crippen LogP contribution in [0.2, 0.25) is 0 Å². The molecule has 0 amide bonds. The molecule has 2 aromatic carbocycles. The molecule has 3 aromatic rings. The number of nitrogens with zero attached hydrogens (tertiary/aromatic N) is 3. The van der Waals surface area contributed by atoms with Crippen molar-refractivity contribution in [3.63, 3.8) is 0 Å². The molecule has 1 aromatic heterocycles. The zero-order valence-corrected chi connectivity index (χ0v) is 21.0. The van der Waals surface area contributed by atoms with Crippen molar-refractivity contribution in [2.45, 2.75) is 64.7 Å². The van der Waals surface area contributed by atoms with Gasteiger partial charge in [0.15, 0.2) is 11.5 Å². The van der Waals surface area contributed by atoms with Crippen LogP contribution in [0.25, 0.3) is 0 Å². The molecule has 36 heavy (non-hydrogen) atoms. The fourth-order valence-corrected chi connectivity index (χ4v) is 4.96. The Labute approximate surface area is 211 Å². The summed E-state index contributed by atoms with van der Waals surface area (Å²) >= 11 is 0. The molecule has 1 aliphatic heterocycles. The van der Waals surface area contributed by atoms with E-state index < -0.39 is 6.04 Å². The average Bonchev–Trinajstić information content (AvgIpc) is 3.36. The number of allylic oxidation sites excluding steroid dienone is 1. The highest BCUT2D eigenvalue weighted by Gasteiger charge is 2.36. The molecule has 0 saturated heterocycles. The Hall–Kier alpha value is -3.81. The number of carbonyl (C=O) groups excluding carboxylic acids is 1. The van der Waals surface area contributed by atoms with Crippen molar-refractivity contribution in [3.8, 4) is 11.5 Å². The van der Waals surface area contributed by atoms with Crippen molar-refractivity contribution in [2.24, 2.45) is 0 Å². The number of methoxy groups -OCH3 is 1. The highest BCUT2D eigenvalue weighted by molar-refractivity contribution is 5.92. The van der Waals surface area contributed by atoms with E-state index in [-0.39, 0.29) is 12.1 Å². The van der Waals surface area contributed by atoms with Gasteiger partial charge in [-0.25, -0.2) is 9.48 Å². The van der Waals surface area contributed by atoms with Crippen molar-refractivity contribution in [3.05, 3.63) is 76.8 Å². The molecule has 8 heteroatoms. The minimum Gasteiger partial charge on any atom is -0.493 e. The Balaban J connectivity index is 1.45. The van der Waals surface area contributed by atoms with E-state index in [0.29, 0.717) is 35.3 Å². The van der Waals surface area contributed by atoms with Gasteiger partial charge in [-0.3, -0.25) is 0 Å². The molecule has 2 heterocycles. The lowest BCUT2D eigenvalue weighted by Crippen LogP contribution is -2.32. The molecular weight excluding hydrogens is 456 g/mol. The summed E-state index contributed by atoms with van der Waals surface area (Å²) in [5.41, 5.74) is 4.34. The van der Waals surface area contributed by atoms with Gasteiger partial charge in [0.1, 0.15) is 25.1 Å². The third kappa shape index (κ3) is 4.80. The third-order valence-electron chi connectivity index (χ3n) is 6.99. The first-order valence-electron chi connectivity index (χ1n) is 12.5. The maximum Gasteiger partial charge on any atom is 0.338 e. The topological polar surface area (TPSA) is 87.5 Å².